The molecule has 0 fully saturated rings. The molecule has 1 amide bonds. The van der Waals surface area contributed by atoms with Crippen molar-refractivity contribution in [2.45, 2.75) is 13.0 Å². The Bertz CT molecular complexity index is 826. The van der Waals surface area contributed by atoms with Gasteiger partial charge in [-0.15, -0.1) is 0 Å². The number of halogens is 1. The summed E-state index contributed by atoms with van der Waals surface area (Å²) in [5.41, 5.74) is 3.87. The van der Waals surface area contributed by atoms with E-state index in [1.54, 1.807) is 12.4 Å². The van der Waals surface area contributed by atoms with Gasteiger partial charge in [-0.2, -0.15) is 0 Å². The molecule has 22 heavy (non-hydrogen) atoms. The molecule has 0 aliphatic heterocycles. The molecule has 1 aromatic heterocycles. The van der Waals surface area contributed by atoms with Crippen LogP contribution in [0.1, 0.15) is 11.1 Å². The molecular weight excluding hydrogens is 298 g/mol. The lowest BCUT2D eigenvalue weighted by molar-refractivity contribution is -0.120. The van der Waals surface area contributed by atoms with Crippen LogP contribution in [0.3, 0.4) is 0 Å². The number of hydrogen-bond acceptors (Lipinski definition) is 2. The van der Waals surface area contributed by atoms with Crippen LogP contribution in [-0.2, 0) is 24.8 Å². The van der Waals surface area contributed by atoms with Gasteiger partial charge < -0.3 is 9.88 Å². The summed E-state index contributed by atoms with van der Waals surface area (Å²) < 4.78 is 1.97. The van der Waals surface area contributed by atoms with Crippen molar-refractivity contribution in [3.63, 3.8) is 0 Å². The highest BCUT2D eigenvalue weighted by Crippen LogP contribution is 2.16. The van der Waals surface area contributed by atoms with Crippen molar-refractivity contribution in [1.82, 2.24) is 14.9 Å². The van der Waals surface area contributed by atoms with Crippen LogP contribution in [0.2, 0.25) is 5.02 Å². The summed E-state index contributed by atoms with van der Waals surface area (Å²) in [5, 5.41) is 3.53. The van der Waals surface area contributed by atoms with Gasteiger partial charge in [0.25, 0.3) is 0 Å². The van der Waals surface area contributed by atoms with Crippen molar-refractivity contribution >= 4 is 28.5 Å². The Kier molecular flexibility index (Phi) is 4.11. The Labute approximate surface area is 133 Å². The average Bonchev–Trinajstić information content (AvgIpc) is 2.88. The highest BCUT2D eigenvalue weighted by molar-refractivity contribution is 6.31. The number of hydrogen-bond donors (Lipinski definition) is 1. The molecule has 1 heterocycles. The van der Waals surface area contributed by atoms with Gasteiger partial charge in [0.05, 0.1) is 23.8 Å². The van der Waals surface area contributed by atoms with E-state index in [0.717, 1.165) is 22.2 Å². The van der Waals surface area contributed by atoms with Crippen molar-refractivity contribution < 1.29 is 4.79 Å². The molecule has 0 spiro atoms. The van der Waals surface area contributed by atoms with Gasteiger partial charge in [0.2, 0.25) is 5.91 Å². The summed E-state index contributed by atoms with van der Waals surface area (Å²) in [6, 6.07) is 13.4. The fourth-order valence-corrected chi connectivity index (χ4v) is 2.57. The number of nitrogens with one attached hydrogen (secondary N) is 1. The number of carbonyl (C=O) groups is 1. The van der Waals surface area contributed by atoms with Crippen molar-refractivity contribution in [1.29, 1.82) is 0 Å². The third-order valence-electron chi connectivity index (χ3n) is 3.59. The highest BCUT2D eigenvalue weighted by Gasteiger charge is 2.07. The van der Waals surface area contributed by atoms with E-state index < -0.39 is 0 Å². The standard InChI is InChI=1S/C17H16ClN3O/c1-21-11-20-15-8-12(6-7-16(15)21)10-19-17(22)9-13-4-2-3-5-14(13)18/h2-8,11H,9-10H2,1H3,(H,19,22). The van der Waals surface area contributed by atoms with Gasteiger partial charge in [0.1, 0.15) is 0 Å². The lowest BCUT2D eigenvalue weighted by Crippen LogP contribution is -2.24. The van der Waals surface area contributed by atoms with E-state index in [-0.39, 0.29) is 12.3 Å². The molecule has 0 atom stereocenters. The van der Waals surface area contributed by atoms with Gasteiger partial charge in [-0.05, 0) is 29.3 Å². The fraction of sp³-hybridized carbons (Fsp3) is 0.176. The lowest BCUT2D eigenvalue weighted by atomic mass is 10.1. The summed E-state index contributed by atoms with van der Waals surface area (Å²) in [6.45, 7) is 0.482. The molecule has 0 bridgehead atoms. The maximum atomic E-state index is 12.0. The topological polar surface area (TPSA) is 46.9 Å². The number of amides is 1. The van der Waals surface area contributed by atoms with E-state index in [2.05, 4.69) is 10.3 Å². The first kappa shape index (κ1) is 14.6. The van der Waals surface area contributed by atoms with Gasteiger partial charge in [0.15, 0.2) is 0 Å². The second-order valence-corrected chi connectivity index (χ2v) is 5.63. The maximum Gasteiger partial charge on any atom is 0.224 e. The van der Waals surface area contributed by atoms with Crippen LogP contribution in [0.4, 0.5) is 0 Å². The van der Waals surface area contributed by atoms with Crippen molar-refractivity contribution in [2.24, 2.45) is 7.05 Å². The Morgan fingerprint density at radius 3 is 2.91 bits per heavy atom. The molecule has 4 nitrogen and oxygen atoms in total. The van der Waals surface area contributed by atoms with E-state index in [1.165, 1.54) is 0 Å². The summed E-state index contributed by atoms with van der Waals surface area (Å²) in [7, 11) is 1.96. The maximum absolute atomic E-state index is 12.0. The zero-order chi connectivity index (χ0) is 15.5. The van der Waals surface area contributed by atoms with Gasteiger partial charge in [0, 0.05) is 18.6 Å². The van der Waals surface area contributed by atoms with Crippen LogP contribution in [0, 0.1) is 0 Å². The minimum atomic E-state index is -0.0470. The summed E-state index contributed by atoms with van der Waals surface area (Å²) in [4.78, 5) is 16.3. The normalized spacial score (nSPS) is 10.8. The molecule has 0 aliphatic rings. The SMILES string of the molecule is Cn1cnc2cc(CNC(=O)Cc3ccccc3Cl)ccc21. The van der Waals surface area contributed by atoms with Gasteiger partial charge in [-0.25, -0.2) is 4.98 Å². The number of aromatic nitrogens is 2. The number of fused-ring (bicyclic) bond motifs is 1. The Morgan fingerprint density at radius 2 is 2.09 bits per heavy atom. The first-order chi connectivity index (χ1) is 10.6. The molecular formula is C17H16ClN3O. The molecule has 0 aliphatic carbocycles. The van der Waals surface area contributed by atoms with Crippen LogP contribution in [0.5, 0.6) is 0 Å². The number of benzene rings is 2. The van der Waals surface area contributed by atoms with E-state index in [1.807, 2.05) is 48.0 Å². The first-order valence-corrected chi connectivity index (χ1v) is 7.41. The molecule has 5 heteroatoms. The van der Waals surface area contributed by atoms with E-state index in [4.69, 9.17) is 11.6 Å². The smallest absolute Gasteiger partial charge is 0.224 e. The second kappa shape index (κ2) is 6.20. The van der Waals surface area contributed by atoms with Crippen molar-refractivity contribution in [3.8, 4) is 0 Å². The zero-order valence-electron chi connectivity index (χ0n) is 12.2. The number of carbonyl (C=O) groups excluding carboxylic acids is 1. The monoisotopic (exact) mass is 313 g/mol. The van der Waals surface area contributed by atoms with Crippen LogP contribution < -0.4 is 5.32 Å². The molecule has 3 aromatic rings. The Morgan fingerprint density at radius 1 is 1.27 bits per heavy atom. The molecule has 1 N–H and O–H groups in total. The van der Waals surface area contributed by atoms with Gasteiger partial charge in [-0.1, -0.05) is 35.9 Å². The van der Waals surface area contributed by atoms with E-state index in [9.17, 15) is 4.79 Å². The minimum absolute atomic E-state index is 0.0470. The molecule has 2 aromatic carbocycles. The van der Waals surface area contributed by atoms with Crippen LogP contribution in [-0.4, -0.2) is 15.5 Å². The van der Waals surface area contributed by atoms with Gasteiger partial charge in [-0.3, -0.25) is 4.79 Å². The third-order valence-corrected chi connectivity index (χ3v) is 3.96. The fourth-order valence-electron chi connectivity index (χ4n) is 2.37. The van der Waals surface area contributed by atoms with Crippen molar-refractivity contribution in [2.75, 3.05) is 0 Å². The predicted octanol–water partition coefficient (Wildman–Crippen LogP) is 3.09. The zero-order valence-corrected chi connectivity index (χ0v) is 13.0. The van der Waals surface area contributed by atoms with E-state index in [0.29, 0.717) is 11.6 Å². The number of aryl methyl sites for hydroxylation is 1. The van der Waals surface area contributed by atoms with Crippen molar-refractivity contribution in [3.05, 3.63) is 64.9 Å². The second-order valence-electron chi connectivity index (χ2n) is 5.22. The van der Waals surface area contributed by atoms with Crippen LogP contribution in [0.25, 0.3) is 11.0 Å². The molecule has 0 saturated heterocycles. The average molecular weight is 314 g/mol. The van der Waals surface area contributed by atoms with E-state index >= 15 is 0 Å². The molecule has 112 valence electrons. The summed E-state index contributed by atoms with van der Waals surface area (Å²) in [6.07, 6.45) is 2.07. The van der Waals surface area contributed by atoms with Crippen LogP contribution in [0.15, 0.2) is 48.8 Å². The number of imidazole rings is 1. The first-order valence-electron chi connectivity index (χ1n) is 7.03. The lowest BCUT2D eigenvalue weighted by Gasteiger charge is -2.07. The number of nitrogens with zero attached hydrogens (tertiary/aromatic N) is 2. The third kappa shape index (κ3) is 3.12. The largest absolute Gasteiger partial charge is 0.352 e. The minimum Gasteiger partial charge on any atom is -0.352 e. The summed E-state index contributed by atoms with van der Waals surface area (Å²) in [5.74, 6) is -0.0470. The number of rotatable bonds is 4. The Balaban J connectivity index is 1.63. The quantitative estimate of drug-likeness (QED) is 0.804. The molecule has 0 unspecified atom stereocenters. The molecule has 0 radical (unpaired) electrons. The summed E-state index contributed by atoms with van der Waals surface area (Å²) >= 11 is 6.06. The molecule has 0 saturated carbocycles. The predicted molar refractivity (Wildman–Crippen MR) is 87.7 cm³/mol. The molecule has 3 rings (SSSR count). The van der Waals surface area contributed by atoms with Crippen LogP contribution >= 0.6 is 11.6 Å². The Hall–Kier alpha value is -2.33. The highest BCUT2D eigenvalue weighted by atomic mass is 35.5. The van der Waals surface area contributed by atoms with Gasteiger partial charge >= 0.3 is 0 Å².